The number of nitrogens with one attached hydrogen (secondary N) is 1. The van der Waals surface area contributed by atoms with Gasteiger partial charge in [0.05, 0.1) is 16.9 Å². The second-order valence-corrected chi connectivity index (χ2v) is 21.1. The van der Waals surface area contributed by atoms with Crippen LogP contribution in [-0.4, -0.2) is 44.8 Å². The van der Waals surface area contributed by atoms with Crippen molar-refractivity contribution in [1.82, 2.24) is 15.3 Å². The minimum Gasteiger partial charge on any atom is -0.481 e. The average Bonchev–Trinajstić information content (AvgIpc) is 3.80. The fourth-order valence-corrected chi connectivity index (χ4v) is 13.4. The van der Waals surface area contributed by atoms with Crippen molar-refractivity contribution in [1.29, 1.82) is 0 Å². The van der Waals surface area contributed by atoms with Crippen LogP contribution in [0, 0.1) is 56.2 Å². The largest absolute Gasteiger partial charge is 0.481 e. The number of carboxylic acid groups (broad SMARTS) is 1. The highest BCUT2D eigenvalue weighted by molar-refractivity contribution is 6.30. The number of allylic oxidation sites excluding steroid dienone is 3. The minimum absolute atomic E-state index is 0.0244. The fraction of sp³-hybridized carbons (Fsp3) is 0.733. The number of carbonyl (C=O) groups excluding carboxylic acids is 3. The topological polar surface area (TPSA) is 136 Å². The molecule has 0 spiro atoms. The van der Waals surface area contributed by atoms with E-state index in [1.807, 2.05) is 0 Å². The lowest BCUT2D eigenvalue weighted by Gasteiger charge is -2.72. The first kappa shape index (κ1) is 40.1. The van der Waals surface area contributed by atoms with E-state index in [0.717, 1.165) is 69.8 Å². The predicted octanol–water partition coefficient (Wildman–Crippen LogP) is 9.18. The van der Waals surface area contributed by atoms with Gasteiger partial charge in [-0.25, -0.2) is 9.97 Å². The van der Waals surface area contributed by atoms with Crippen molar-refractivity contribution in [3.63, 3.8) is 0 Å². The third-order valence-electron chi connectivity index (χ3n) is 16.6. The summed E-state index contributed by atoms with van der Waals surface area (Å²) in [5.74, 6) is 0.384. The van der Waals surface area contributed by atoms with Gasteiger partial charge in [-0.1, -0.05) is 66.1 Å². The highest BCUT2D eigenvalue weighted by Crippen LogP contribution is 2.77. The van der Waals surface area contributed by atoms with E-state index in [1.165, 1.54) is 5.57 Å². The highest BCUT2D eigenvalue weighted by atomic mass is 35.5. The molecule has 0 aliphatic heterocycles. The molecule has 0 radical (unpaired) electrons. The Labute approximate surface area is 332 Å². The van der Waals surface area contributed by atoms with Crippen molar-refractivity contribution in [2.24, 2.45) is 56.2 Å². The summed E-state index contributed by atoms with van der Waals surface area (Å²) in [5, 5.41) is 13.3. The number of esters is 1. The number of hydrogen-bond donors (Lipinski definition) is 2. The summed E-state index contributed by atoms with van der Waals surface area (Å²) in [6, 6.07) is 0. The Kier molecular flexibility index (Phi) is 9.66. The molecule has 0 saturated heterocycles. The van der Waals surface area contributed by atoms with Crippen molar-refractivity contribution in [2.45, 2.75) is 151 Å². The molecule has 8 atom stereocenters. The molecule has 6 aliphatic rings. The van der Waals surface area contributed by atoms with E-state index in [2.05, 4.69) is 69.8 Å². The molecule has 1 amide bonds. The molecule has 0 bridgehead atoms. The van der Waals surface area contributed by atoms with Gasteiger partial charge in [-0.15, -0.1) is 0 Å². The van der Waals surface area contributed by atoms with Crippen molar-refractivity contribution < 1.29 is 29.0 Å². The van der Waals surface area contributed by atoms with E-state index in [9.17, 15) is 24.3 Å². The Morgan fingerprint density at radius 2 is 1.62 bits per heavy atom. The molecule has 6 aliphatic carbocycles. The van der Waals surface area contributed by atoms with Crippen LogP contribution in [0.2, 0.25) is 5.02 Å². The van der Waals surface area contributed by atoms with Crippen LogP contribution < -0.4 is 5.32 Å². The third kappa shape index (κ3) is 6.23. The molecule has 1 aromatic heterocycles. The molecule has 8 unspecified atom stereocenters. The van der Waals surface area contributed by atoms with Gasteiger partial charge in [0.1, 0.15) is 11.6 Å². The van der Waals surface area contributed by atoms with Crippen molar-refractivity contribution >= 4 is 35.2 Å². The van der Waals surface area contributed by atoms with Crippen LogP contribution in [0.4, 0.5) is 0 Å². The monoisotopic (exact) mass is 775 g/mol. The van der Waals surface area contributed by atoms with Crippen LogP contribution >= 0.6 is 11.6 Å². The molecular formula is C45H62ClN3O6. The number of Topliss-reactive ketones (excluding diaryl/α,β-unsaturated/α-hetero) is 1. The number of carboxylic acids is 1. The molecule has 55 heavy (non-hydrogen) atoms. The number of ether oxygens (including phenoxy) is 1. The quantitative estimate of drug-likeness (QED) is 0.187. The summed E-state index contributed by atoms with van der Waals surface area (Å²) >= 11 is 6.03. The summed E-state index contributed by atoms with van der Waals surface area (Å²) in [4.78, 5) is 61.3. The first-order valence-corrected chi connectivity index (χ1v) is 21.1. The van der Waals surface area contributed by atoms with Gasteiger partial charge in [-0.05, 0) is 135 Å². The summed E-state index contributed by atoms with van der Waals surface area (Å²) in [7, 11) is 0. The van der Waals surface area contributed by atoms with Gasteiger partial charge in [-0.3, -0.25) is 19.2 Å². The van der Waals surface area contributed by atoms with Crippen molar-refractivity contribution in [2.75, 3.05) is 0 Å². The van der Waals surface area contributed by atoms with E-state index in [0.29, 0.717) is 29.1 Å². The summed E-state index contributed by atoms with van der Waals surface area (Å²) in [6.07, 6.45) is 16.2. The number of ketones is 1. The van der Waals surface area contributed by atoms with Gasteiger partial charge in [-0.2, -0.15) is 0 Å². The van der Waals surface area contributed by atoms with Crippen LogP contribution in [0.15, 0.2) is 35.7 Å². The smallest absolute Gasteiger partial charge is 0.309 e. The molecule has 300 valence electrons. The SMILES string of the molecule is CC(C)C1=C2C3CCC4C5(C)CCC(OC(=O)CC(C)(C)C(=O)O)C(C)(C)C5CCC4(C)C3(C)CCC2(C=CC(=O)NC2(c3ncc(Cl)cn3)CC2)CC1=O. The zero-order valence-electron chi connectivity index (χ0n) is 34.4. The molecule has 9 nitrogen and oxygen atoms in total. The van der Waals surface area contributed by atoms with Crippen LogP contribution in [0.1, 0.15) is 145 Å². The van der Waals surface area contributed by atoms with E-state index < -0.39 is 28.3 Å². The fourth-order valence-electron chi connectivity index (χ4n) is 13.3. The highest BCUT2D eigenvalue weighted by Gasteiger charge is 2.70. The Hall–Kier alpha value is -3.07. The number of halogens is 1. The second kappa shape index (κ2) is 13.2. The lowest BCUT2D eigenvalue weighted by molar-refractivity contribution is -0.232. The number of carbonyl (C=O) groups is 4. The van der Waals surface area contributed by atoms with E-state index >= 15 is 0 Å². The van der Waals surface area contributed by atoms with Crippen LogP contribution in [0.5, 0.6) is 0 Å². The van der Waals surface area contributed by atoms with Crippen LogP contribution in [0.25, 0.3) is 0 Å². The van der Waals surface area contributed by atoms with Gasteiger partial charge in [0, 0.05) is 29.6 Å². The number of aromatic nitrogens is 2. The Bertz CT molecular complexity index is 1850. The Morgan fingerprint density at radius 3 is 2.24 bits per heavy atom. The number of hydrogen-bond acceptors (Lipinski definition) is 7. The van der Waals surface area contributed by atoms with E-state index in [4.69, 9.17) is 16.3 Å². The lowest BCUT2D eigenvalue weighted by Crippen LogP contribution is -2.65. The Balaban J connectivity index is 1.14. The van der Waals surface area contributed by atoms with Crippen LogP contribution in [0.3, 0.4) is 0 Å². The van der Waals surface area contributed by atoms with Crippen molar-refractivity contribution in [3.8, 4) is 0 Å². The minimum atomic E-state index is -1.17. The Morgan fingerprint density at radius 1 is 0.945 bits per heavy atom. The molecule has 7 rings (SSSR count). The molecule has 5 fully saturated rings. The van der Waals surface area contributed by atoms with E-state index in [1.54, 1.807) is 32.3 Å². The second-order valence-electron chi connectivity index (χ2n) is 20.7. The normalized spacial score (nSPS) is 37.5. The number of amides is 1. The van der Waals surface area contributed by atoms with Crippen LogP contribution in [-0.2, 0) is 29.5 Å². The zero-order valence-corrected chi connectivity index (χ0v) is 35.2. The summed E-state index contributed by atoms with van der Waals surface area (Å²) < 4.78 is 6.17. The number of fused-ring (bicyclic) bond motifs is 7. The van der Waals surface area contributed by atoms with Gasteiger partial charge < -0.3 is 15.2 Å². The molecule has 5 saturated carbocycles. The predicted molar refractivity (Wildman–Crippen MR) is 211 cm³/mol. The molecule has 1 aromatic rings. The first-order chi connectivity index (χ1) is 25.6. The molecular weight excluding hydrogens is 714 g/mol. The molecule has 0 aromatic carbocycles. The zero-order chi connectivity index (χ0) is 40.1. The molecule has 2 N–H and O–H groups in total. The van der Waals surface area contributed by atoms with Gasteiger partial charge in [0.25, 0.3) is 0 Å². The maximum Gasteiger partial charge on any atom is 0.309 e. The van der Waals surface area contributed by atoms with Crippen molar-refractivity contribution in [3.05, 3.63) is 46.5 Å². The standard InChI is InChI=1S/C45H62ClN3O6/c1-26(2)35-29(50)22-44(17-14-33(51)49-45(20-21-45)37-47-24-27(46)25-48-37)19-18-42(8)28(36(35)44)10-11-31-41(7)15-13-32(55-34(52)23-39(3,4)38(53)54)40(5,6)30(41)12-16-43(31,42)9/h14,17,24-26,28,30-32H,10-13,15-16,18-23H2,1-9H3,(H,49,51)(H,53,54). The third-order valence-corrected chi connectivity index (χ3v) is 16.8. The molecule has 1 heterocycles. The molecule has 10 heteroatoms. The van der Waals surface area contributed by atoms with E-state index in [-0.39, 0.29) is 57.7 Å². The maximum absolute atomic E-state index is 14.1. The summed E-state index contributed by atoms with van der Waals surface area (Å²) in [6.45, 7) is 19.6. The number of nitrogens with zero attached hydrogens (tertiary/aromatic N) is 2. The average molecular weight is 776 g/mol. The van der Waals surface area contributed by atoms with Gasteiger partial charge in [0.2, 0.25) is 5.91 Å². The summed E-state index contributed by atoms with van der Waals surface area (Å²) in [5.41, 5.74) is -0.107. The maximum atomic E-state index is 14.1. The number of rotatable bonds is 9. The van der Waals surface area contributed by atoms with Gasteiger partial charge in [0.15, 0.2) is 11.6 Å². The first-order valence-electron chi connectivity index (χ1n) is 20.8. The number of aliphatic carboxylic acids is 1. The van der Waals surface area contributed by atoms with Gasteiger partial charge >= 0.3 is 11.9 Å². The lowest BCUT2D eigenvalue weighted by atomic mass is 9.33.